The summed E-state index contributed by atoms with van der Waals surface area (Å²) in [5.41, 5.74) is 0.924. The van der Waals surface area contributed by atoms with Gasteiger partial charge in [-0.05, 0) is 25.3 Å². The second kappa shape index (κ2) is 5.03. The number of aromatic nitrogens is 1. The Labute approximate surface area is 99.8 Å². The third-order valence-electron chi connectivity index (χ3n) is 3.10. The SMILES string of the molecule is COc1cc(N[C@H]2CC[C@@H](C(=O)O)C2)ccn1. The molecule has 0 amide bonds. The van der Waals surface area contributed by atoms with E-state index in [1.165, 1.54) is 0 Å². The van der Waals surface area contributed by atoms with Crippen LogP contribution in [-0.2, 0) is 4.79 Å². The van der Waals surface area contributed by atoms with Crippen molar-refractivity contribution >= 4 is 11.7 Å². The van der Waals surface area contributed by atoms with E-state index < -0.39 is 5.97 Å². The van der Waals surface area contributed by atoms with Gasteiger partial charge in [-0.15, -0.1) is 0 Å². The van der Waals surface area contributed by atoms with Crippen LogP contribution in [0.15, 0.2) is 18.3 Å². The van der Waals surface area contributed by atoms with Crippen molar-refractivity contribution in [2.75, 3.05) is 12.4 Å². The van der Waals surface area contributed by atoms with Crippen molar-refractivity contribution in [2.24, 2.45) is 5.92 Å². The fraction of sp³-hybridized carbons (Fsp3) is 0.500. The van der Waals surface area contributed by atoms with Gasteiger partial charge in [-0.3, -0.25) is 4.79 Å². The molecule has 1 aromatic rings. The number of ether oxygens (including phenoxy) is 1. The molecular weight excluding hydrogens is 220 g/mol. The van der Waals surface area contributed by atoms with Crippen LogP contribution in [0.25, 0.3) is 0 Å². The molecule has 2 rings (SSSR count). The normalized spacial score (nSPS) is 23.4. The summed E-state index contributed by atoms with van der Waals surface area (Å²) in [5.74, 6) is -0.347. The number of pyridine rings is 1. The standard InChI is InChI=1S/C12H16N2O3/c1-17-11-7-10(4-5-13-11)14-9-3-2-8(6-9)12(15)16/h4-5,7-9H,2-3,6H2,1H3,(H,13,14)(H,15,16)/t8-,9+/m1/s1. The van der Waals surface area contributed by atoms with E-state index in [9.17, 15) is 4.79 Å². The van der Waals surface area contributed by atoms with Gasteiger partial charge in [-0.2, -0.15) is 0 Å². The minimum absolute atomic E-state index is 0.212. The monoisotopic (exact) mass is 236 g/mol. The van der Waals surface area contributed by atoms with E-state index in [0.29, 0.717) is 12.3 Å². The molecular formula is C12H16N2O3. The van der Waals surface area contributed by atoms with Crippen molar-refractivity contribution < 1.29 is 14.6 Å². The van der Waals surface area contributed by atoms with Crippen LogP contribution in [0.3, 0.4) is 0 Å². The lowest BCUT2D eigenvalue weighted by atomic mass is 10.1. The molecule has 1 aliphatic carbocycles. The third kappa shape index (κ3) is 2.87. The molecule has 17 heavy (non-hydrogen) atoms. The number of carbonyl (C=O) groups is 1. The Morgan fingerprint density at radius 1 is 1.59 bits per heavy atom. The second-order valence-electron chi connectivity index (χ2n) is 4.28. The van der Waals surface area contributed by atoms with Crippen LogP contribution < -0.4 is 10.1 Å². The second-order valence-corrected chi connectivity index (χ2v) is 4.28. The zero-order valence-electron chi connectivity index (χ0n) is 9.72. The van der Waals surface area contributed by atoms with Crippen LogP contribution in [0.2, 0.25) is 0 Å². The molecule has 0 aliphatic heterocycles. The van der Waals surface area contributed by atoms with E-state index in [4.69, 9.17) is 9.84 Å². The highest BCUT2D eigenvalue weighted by Crippen LogP contribution is 2.28. The molecule has 0 spiro atoms. The number of anilines is 1. The van der Waals surface area contributed by atoms with Crippen LogP contribution in [0.4, 0.5) is 5.69 Å². The first-order valence-electron chi connectivity index (χ1n) is 5.68. The lowest BCUT2D eigenvalue weighted by Crippen LogP contribution is -2.17. The number of nitrogens with one attached hydrogen (secondary N) is 1. The van der Waals surface area contributed by atoms with Gasteiger partial charge in [0.1, 0.15) is 0 Å². The summed E-state index contributed by atoms with van der Waals surface area (Å²) in [6.45, 7) is 0. The molecule has 1 aromatic heterocycles. The maximum atomic E-state index is 10.8. The maximum Gasteiger partial charge on any atom is 0.306 e. The largest absolute Gasteiger partial charge is 0.481 e. The maximum absolute atomic E-state index is 10.8. The molecule has 5 nitrogen and oxygen atoms in total. The molecule has 0 radical (unpaired) electrons. The number of carboxylic acids is 1. The lowest BCUT2D eigenvalue weighted by molar-refractivity contribution is -0.141. The van der Waals surface area contributed by atoms with E-state index in [1.807, 2.05) is 12.1 Å². The molecule has 0 aromatic carbocycles. The zero-order chi connectivity index (χ0) is 12.3. The van der Waals surface area contributed by atoms with Crippen LogP contribution in [0, 0.1) is 5.92 Å². The van der Waals surface area contributed by atoms with E-state index in [-0.39, 0.29) is 12.0 Å². The Balaban J connectivity index is 1.95. The van der Waals surface area contributed by atoms with Gasteiger partial charge in [0.15, 0.2) is 0 Å². The summed E-state index contributed by atoms with van der Waals surface area (Å²) < 4.78 is 5.03. The van der Waals surface area contributed by atoms with Crippen LogP contribution >= 0.6 is 0 Å². The Morgan fingerprint density at radius 3 is 3.06 bits per heavy atom. The van der Waals surface area contributed by atoms with Crippen molar-refractivity contribution in [3.05, 3.63) is 18.3 Å². The molecule has 2 N–H and O–H groups in total. The lowest BCUT2D eigenvalue weighted by Gasteiger charge is -2.14. The average molecular weight is 236 g/mol. The van der Waals surface area contributed by atoms with Gasteiger partial charge in [0.2, 0.25) is 5.88 Å². The number of carboxylic acid groups (broad SMARTS) is 1. The molecule has 92 valence electrons. The van der Waals surface area contributed by atoms with Crippen LogP contribution in [0.1, 0.15) is 19.3 Å². The quantitative estimate of drug-likeness (QED) is 0.833. The van der Waals surface area contributed by atoms with Gasteiger partial charge in [-0.25, -0.2) is 4.98 Å². The summed E-state index contributed by atoms with van der Waals surface area (Å²) in [5, 5.41) is 12.2. The first kappa shape index (κ1) is 11.7. The number of hydrogen-bond donors (Lipinski definition) is 2. The van der Waals surface area contributed by atoms with Crippen molar-refractivity contribution in [1.82, 2.24) is 4.98 Å². The Kier molecular flexibility index (Phi) is 3.46. The minimum atomic E-state index is -0.693. The highest BCUT2D eigenvalue weighted by atomic mass is 16.5. The molecule has 0 bridgehead atoms. The molecule has 1 saturated carbocycles. The highest BCUT2D eigenvalue weighted by Gasteiger charge is 2.29. The van der Waals surface area contributed by atoms with Gasteiger partial charge >= 0.3 is 5.97 Å². The van der Waals surface area contributed by atoms with Crippen molar-refractivity contribution in [2.45, 2.75) is 25.3 Å². The Hall–Kier alpha value is -1.78. The predicted molar refractivity (Wildman–Crippen MR) is 63.2 cm³/mol. The molecule has 0 unspecified atom stereocenters. The minimum Gasteiger partial charge on any atom is -0.481 e. The van der Waals surface area contributed by atoms with Crippen molar-refractivity contribution in [1.29, 1.82) is 0 Å². The number of nitrogens with zero attached hydrogens (tertiary/aromatic N) is 1. The van der Waals surface area contributed by atoms with Crippen LogP contribution in [-0.4, -0.2) is 29.2 Å². The van der Waals surface area contributed by atoms with Gasteiger partial charge < -0.3 is 15.2 Å². The van der Waals surface area contributed by atoms with E-state index in [2.05, 4.69) is 10.3 Å². The van der Waals surface area contributed by atoms with Crippen molar-refractivity contribution in [3.63, 3.8) is 0 Å². The molecule has 5 heteroatoms. The molecule has 2 atom stereocenters. The number of hydrogen-bond acceptors (Lipinski definition) is 4. The molecule has 1 fully saturated rings. The topological polar surface area (TPSA) is 71.5 Å². The highest BCUT2D eigenvalue weighted by molar-refractivity contribution is 5.70. The van der Waals surface area contributed by atoms with Crippen LogP contribution in [0.5, 0.6) is 5.88 Å². The van der Waals surface area contributed by atoms with Gasteiger partial charge in [0, 0.05) is 24.0 Å². The summed E-state index contributed by atoms with van der Waals surface area (Å²) in [6, 6.07) is 3.90. The first-order valence-corrected chi connectivity index (χ1v) is 5.68. The average Bonchev–Trinajstić information content (AvgIpc) is 2.78. The first-order chi connectivity index (χ1) is 8.19. The number of rotatable bonds is 4. The molecule has 1 aliphatic rings. The molecule has 1 heterocycles. The van der Waals surface area contributed by atoms with Gasteiger partial charge in [-0.1, -0.05) is 0 Å². The summed E-state index contributed by atoms with van der Waals surface area (Å²) in [4.78, 5) is 14.9. The smallest absolute Gasteiger partial charge is 0.306 e. The predicted octanol–water partition coefficient (Wildman–Crippen LogP) is 1.76. The van der Waals surface area contributed by atoms with E-state index in [0.717, 1.165) is 18.5 Å². The number of aliphatic carboxylic acids is 1. The zero-order valence-corrected chi connectivity index (χ0v) is 9.72. The Morgan fingerprint density at radius 2 is 2.41 bits per heavy atom. The van der Waals surface area contributed by atoms with E-state index >= 15 is 0 Å². The Bertz CT molecular complexity index is 408. The van der Waals surface area contributed by atoms with Gasteiger partial charge in [0.05, 0.1) is 13.0 Å². The summed E-state index contributed by atoms with van der Waals surface area (Å²) >= 11 is 0. The van der Waals surface area contributed by atoms with Gasteiger partial charge in [0.25, 0.3) is 0 Å². The number of methoxy groups -OCH3 is 1. The molecule has 0 saturated heterocycles. The fourth-order valence-corrected chi connectivity index (χ4v) is 2.18. The van der Waals surface area contributed by atoms with E-state index in [1.54, 1.807) is 13.3 Å². The third-order valence-corrected chi connectivity index (χ3v) is 3.10. The summed E-state index contributed by atoms with van der Waals surface area (Å²) in [7, 11) is 1.57. The van der Waals surface area contributed by atoms with Crippen molar-refractivity contribution in [3.8, 4) is 5.88 Å². The fourth-order valence-electron chi connectivity index (χ4n) is 2.18. The summed E-state index contributed by atoms with van der Waals surface area (Å²) in [6.07, 6.45) is 3.99.